The average Bonchev–Trinajstić information content (AvgIpc) is 2.46. The summed E-state index contributed by atoms with van der Waals surface area (Å²) in [7, 11) is 0. The molecule has 5 heteroatoms. The van der Waals surface area contributed by atoms with Crippen molar-refractivity contribution in [3.63, 3.8) is 0 Å². The van der Waals surface area contributed by atoms with Crippen molar-refractivity contribution in [2.24, 2.45) is 0 Å². The summed E-state index contributed by atoms with van der Waals surface area (Å²) in [6, 6.07) is 12.7. The van der Waals surface area contributed by atoms with E-state index >= 15 is 0 Å². The van der Waals surface area contributed by atoms with E-state index in [0.29, 0.717) is 11.3 Å². The van der Waals surface area contributed by atoms with Crippen LogP contribution in [0.25, 0.3) is 0 Å². The number of hydroxylamine groups is 1. The van der Waals surface area contributed by atoms with Gasteiger partial charge in [-0.2, -0.15) is 5.06 Å². The fraction of sp³-hybridized carbons (Fsp3) is 0.176. The molecular weight excluding hydrogens is 296 g/mol. The predicted molar refractivity (Wildman–Crippen MR) is 91.4 cm³/mol. The summed E-state index contributed by atoms with van der Waals surface area (Å²) in [6.07, 6.45) is 0. The van der Waals surface area contributed by atoms with E-state index in [1.807, 2.05) is 39.0 Å². The highest BCUT2D eigenvalue weighted by Gasteiger charge is 2.14. The molecule has 2 rings (SSSR count). The van der Waals surface area contributed by atoms with Crippen LogP contribution in [-0.2, 0) is 0 Å². The molecule has 0 heterocycles. The number of anilines is 1. The minimum Gasteiger partial charge on any atom is -0.297 e. The van der Waals surface area contributed by atoms with Crippen LogP contribution in [-0.4, -0.2) is 16.2 Å². The fourth-order valence-corrected chi connectivity index (χ4v) is 2.33. The molecule has 0 saturated heterocycles. The number of carbonyl (C=O) groups excluding carboxylic acids is 1. The first-order valence-electron chi connectivity index (χ1n) is 6.86. The van der Waals surface area contributed by atoms with Crippen molar-refractivity contribution >= 4 is 28.9 Å². The van der Waals surface area contributed by atoms with Crippen molar-refractivity contribution < 1.29 is 10.0 Å². The van der Waals surface area contributed by atoms with Crippen LogP contribution >= 0.6 is 12.2 Å². The third-order valence-electron chi connectivity index (χ3n) is 3.18. The zero-order chi connectivity index (χ0) is 16.3. The fourth-order valence-electron chi connectivity index (χ4n) is 2.13. The molecule has 0 atom stereocenters. The third kappa shape index (κ3) is 3.90. The maximum absolute atomic E-state index is 12.2. The van der Waals surface area contributed by atoms with Gasteiger partial charge in [0.1, 0.15) is 0 Å². The van der Waals surface area contributed by atoms with Gasteiger partial charge in [0.05, 0.1) is 5.69 Å². The zero-order valence-electron chi connectivity index (χ0n) is 12.8. The first kappa shape index (κ1) is 16.1. The summed E-state index contributed by atoms with van der Waals surface area (Å²) in [5.41, 5.74) is 4.07. The second-order valence-corrected chi connectivity index (χ2v) is 5.67. The largest absolute Gasteiger partial charge is 0.297 e. The monoisotopic (exact) mass is 314 g/mol. The highest BCUT2D eigenvalue weighted by atomic mass is 32.1. The Labute approximate surface area is 135 Å². The molecular formula is C17H18N2O2S. The Morgan fingerprint density at radius 1 is 1.00 bits per heavy atom. The third-order valence-corrected chi connectivity index (χ3v) is 3.45. The summed E-state index contributed by atoms with van der Waals surface area (Å²) in [4.78, 5) is 12.2. The molecule has 0 aliphatic rings. The van der Waals surface area contributed by atoms with E-state index in [2.05, 4.69) is 5.32 Å². The zero-order valence-corrected chi connectivity index (χ0v) is 13.6. The van der Waals surface area contributed by atoms with Crippen LogP contribution in [0.1, 0.15) is 27.0 Å². The molecule has 2 N–H and O–H groups in total. The number of thiocarbonyl (C=S) groups is 1. The number of nitrogens with zero attached hydrogens (tertiary/aromatic N) is 1. The topological polar surface area (TPSA) is 52.6 Å². The van der Waals surface area contributed by atoms with Crippen LogP contribution in [0, 0.1) is 20.8 Å². The summed E-state index contributed by atoms with van der Waals surface area (Å²) < 4.78 is 0. The van der Waals surface area contributed by atoms with Gasteiger partial charge in [-0.15, -0.1) is 0 Å². The first-order chi connectivity index (χ1) is 10.4. The summed E-state index contributed by atoms with van der Waals surface area (Å²) in [6.45, 7) is 5.80. The lowest BCUT2D eigenvalue weighted by molar-refractivity contribution is 0.0974. The summed E-state index contributed by atoms with van der Waals surface area (Å²) in [5.74, 6) is -0.344. The molecule has 2 aromatic carbocycles. The molecule has 0 fully saturated rings. The molecule has 0 bridgehead atoms. The maximum atomic E-state index is 12.2. The van der Waals surface area contributed by atoms with E-state index in [4.69, 9.17) is 12.2 Å². The van der Waals surface area contributed by atoms with Crippen molar-refractivity contribution in [3.8, 4) is 0 Å². The second-order valence-electron chi connectivity index (χ2n) is 5.28. The Balaban J connectivity index is 2.10. The molecule has 4 nitrogen and oxygen atoms in total. The van der Waals surface area contributed by atoms with E-state index < -0.39 is 0 Å². The van der Waals surface area contributed by atoms with Gasteiger partial charge in [0.25, 0.3) is 5.91 Å². The highest BCUT2D eigenvalue weighted by molar-refractivity contribution is 7.80. The Bertz CT molecular complexity index is 691. The standard InChI is InChI=1S/C17H18N2O2S/c1-11-4-6-15(7-5-11)19(21)17(22)18-16(20)14-9-12(2)8-13(3)10-14/h4-10,21H,1-3H3,(H,18,20,22). The van der Waals surface area contributed by atoms with E-state index in [0.717, 1.165) is 21.8 Å². The van der Waals surface area contributed by atoms with Gasteiger partial charge in [-0.25, -0.2) is 0 Å². The van der Waals surface area contributed by atoms with Crippen LogP contribution in [0.3, 0.4) is 0 Å². The van der Waals surface area contributed by atoms with Gasteiger partial charge in [-0.3, -0.25) is 15.3 Å². The van der Waals surface area contributed by atoms with Gasteiger partial charge in [-0.05, 0) is 57.3 Å². The molecule has 1 amide bonds. The lowest BCUT2D eigenvalue weighted by Crippen LogP contribution is -2.41. The molecule has 0 spiro atoms. The molecule has 0 aliphatic heterocycles. The number of aryl methyl sites for hydroxylation is 3. The first-order valence-corrected chi connectivity index (χ1v) is 7.27. The second kappa shape index (κ2) is 6.68. The van der Waals surface area contributed by atoms with Crippen molar-refractivity contribution in [3.05, 3.63) is 64.7 Å². The Morgan fingerprint density at radius 2 is 1.55 bits per heavy atom. The van der Waals surface area contributed by atoms with E-state index in [-0.39, 0.29) is 11.0 Å². The Hall–Kier alpha value is -2.24. The van der Waals surface area contributed by atoms with Gasteiger partial charge in [-0.1, -0.05) is 34.9 Å². The molecule has 0 aromatic heterocycles. The molecule has 0 unspecified atom stereocenters. The molecule has 2 aromatic rings. The molecule has 0 saturated carbocycles. The Morgan fingerprint density at radius 3 is 2.09 bits per heavy atom. The quantitative estimate of drug-likeness (QED) is 0.658. The van der Waals surface area contributed by atoms with Gasteiger partial charge in [0, 0.05) is 5.56 Å². The minimum atomic E-state index is -0.344. The number of amides is 1. The van der Waals surface area contributed by atoms with Crippen LogP contribution in [0.15, 0.2) is 42.5 Å². The average molecular weight is 314 g/mol. The predicted octanol–water partition coefficient (Wildman–Crippen LogP) is 3.52. The number of rotatable bonds is 2. The van der Waals surface area contributed by atoms with Crippen LogP contribution in [0.5, 0.6) is 0 Å². The molecule has 0 aliphatic carbocycles. The summed E-state index contributed by atoms with van der Waals surface area (Å²) in [5, 5.41) is 13.3. The normalized spacial score (nSPS) is 10.2. The Kier molecular flexibility index (Phi) is 4.90. The SMILES string of the molecule is Cc1ccc(N(O)C(=S)NC(=O)c2cc(C)cc(C)c2)cc1. The van der Waals surface area contributed by atoms with E-state index in [9.17, 15) is 10.0 Å². The number of nitrogens with one attached hydrogen (secondary N) is 1. The lowest BCUT2D eigenvalue weighted by atomic mass is 10.1. The van der Waals surface area contributed by atoms with E-state index in [1.54, 1.807) is 24.3 Å². The number of benzene rings is 2. The van der Waals surface area contributed by atoms with Crippen molar-refractivity contribution in [2.45, 2.75) is 20.8 Å². The smallest absolute Gasteiger partial charge is 0.257 e. The minimum absolute atomic E-state index is 0.0620. The maximum Gasteiger partial charge on any atom is 0.257 e. The van der Waals surface area contributed by atoms with Crippen molar-refractivity contribution in [2.75, 3.05) is 5.06 Å². The van der Waals surface area contributed by atoms with Gasteiger partial charge in [0.15, 0.2) is 0 Å². The van der Waals surface area contributed by atoms with Gasteiger partial charge < -0.3 is 0 Å². The van der Waals surface area contributed by atoms with Gasteiger partial charge >= 0.3 is 0 Å². The van der Waals surface area contributed by atoms with Crippen molar-refractivity contribution in [1.82, 2.24) is 5.32 Å². The van der Waals surface area contributed by atoms with Crippen LogP contribution in [0.2, 0.25) is 0 Å². The number of hydrogen-bond acceptors (Lipinski definition) is 3. The number of hydrogen-bond donors (Lipinski definition) is 2. The molecule has 114 valence electrons. The van der Waals surface area contributed by atoms with Gasteiger partial charge in [0.2, 0.25) is 5.11 Å². The molecule has 22 heavy (non-hydrogen) atoms. The molecule has 0 radical (unpaired) electrons. The lowest BCUT2D eigenvalue weighted by Gasteiger charge is -2.18. The summed E-state index contributed by atoms with van der Waals surface area (Å²) >= 11 is 5.08. The highest BCUT2D eigenvalue weighted by Crippen LogP contribution is 2.14. The van der Waals surface area contributed by atoms with Crippen molar-refractivity contribution in [1.29, 1.82) is 0 Å². The van der Waals surface area contributed by atoms with Crippen LogP contribution < -0.4 is 10.4 Å². The van der Waals surface area contributed by atoms with Crippen LogP contribution in [0.4, 0.5) is 5.69 Å². The number of carbonyl (C=O) groups is 1. The van der Waals surface area contributed by atoms with E-state index in [1.165, 1.54) is 0 Å².